The summed E-state index contributed by atoms with van der Waals surface area (Å²) in [5.74, 6) is 0.463. The highest BCUT2D eigenvalue weighted by Gasteiger charge is 2.23. The van der Waals surface area contributed by atoms with Gasteiger partial charge in [-0.05, 0) is 36.8 Å². The Kier molecular flexibility index (Phi) is 6.95. The average Bonchev–Trinajstić information content (AvgIpc) is 3.24. The van der Waals surface area contributed by atoms with Gasteiger partial charge in [0.25, 0.3) is 5.91 Å². The Labute approximate surface area is 199 Å². The highest BCUT2D eigenvalue weighted by Crippen LogP contribution is 2.38. The maximum Gasteiger partial charge on any atom is 0.313 e. The van der Waals surface area contributed by atoms with E-state index in [1.807, 2.05) is 10.3 Å². The third-order valence-electron chi connectivity index (χ3n) is 5.22. The molecule has 1 aliphatic heterocycles. The lowest BCUT2D eigenvalue weighted by atomic mass is 10.1. The second-order valence-corrected chi connectivity index (χ2v) is 8.59. The minimum Gasteiger partial charge on any atom is -0.493 e. The Morgan fingerprint density at radius 2 is 1.94 bits per heavy atom. The van der Waals surface area contributed by atoms with Gasteiger partial charge < -0.3 is 19.3 Å². The molecule has 0 bridgehead atoms. The number of hydrogen-bond donors (Lipinski definition) is 0. The first-order chi connectivity index (χ1) is 16.0. The normalized spacial score (nSPS) is 14.0. The maximum absolute atomic E-state index is 13.2. The highest BCUT2D eigenvalue weighted by molar-refractivity contribution is 7.13. The van der Waals surface area contributed by atoms with Crippen molar-refractivity contribution >= 4 is 39.7 Å². The maximum atomic E-state index is 13.2. The van der Waals surface area contributed by atoms with Gasteiger partial charge in [0.2, 0.25) is 5.75 Å². The minimum atomic E-state index is -0.570. The monoisotopic (exact) mass is 488 g/mol. The third kappa shape index (κ3) is 5.18. The Hall–Kier alpha value is -3.37. The van der Waals surface area contributed by atoms with E-state index in [-0.39, 0.29) is 28.1 Å². The highest BCUT2D eigenvalue weighted by atomic mass is 35.5. The van der Waals surface area contributed by atoms with Crippen LogP contribution in [0.2, 0.25) is 5.02 Å². The van der Waals surface area contributed by atoms with Gasteiger partial charge in [0.1, 0.15) is 0 Å². The van der Waals surface area contributed by atoms with Crippen molar-refractivity contribution < 1.29 is 19.2 Å². The number of halogens is 1. The van der Waals surface area contributed by atoms with E-state index in [0.717, 1.165) is 18.1 Å². The summed E-state index contributed by atoms with van der Waals surface area (Å²) in [7, 11) is 1.45. The number of amides is 1. The predicted octanol–water partition coefficient (Wildman–Crippen LogP) is 4.86. The van der Waals surface area contributed by atoms with Crippen LogP contribution in [0.3, 0.4) is 0 Å². The number of carbonyl (C=O) groups excluding carboxylic acids is 1. The quantitative estimate of drug-likeness (QED) is 0.361. The first kappa shape index (κ1) is 22.8. The smallest absolute Gasteiger partial charge is 0.313 e. The van der Waals surface area contributed by atoms with Crippen LogP contribution >= 0.6 is 22.9 Å². The summed E-state index contributed by atoms with van der Waals surface area (Å²) in [5, 5.41) is 14.5. The molecule has 0 N–H and O–H groups in total. The molecule has 11 heteroatoms. The Bertz CT molecular complexity index is 1160. The van der Waals surface area contributed by atoms with E-state index in [0.29, 0.717) is 30.9 Å². The molecule has 1 aliphatic rings. The van der Waals surface area contributed by atoms with Crippen LogP contribution in [0.25, 0.3) is 0 Å². The Morgan fingerprint density at radius 1 is 1.12 bits per heavy atom. The summed E-state index contributed by atoms with van der Waals surface area (Å²) >= 11 is 7.46. The fourth-order valence-corrected chi connectivity index (χ4v) is 4.45. The summed E-state index contributed by atoms with van der Waals surface area (Å²) < 4.78 is 11.1. The third-order valence-corrected chi connectivity index (χ3v) is 6.29. The number of benzene rings is 2. The van der Waals surface area contributed by atoms with E-state index < -0.39 is 4.92 Å². The summed E-state index contributed by atoms with van der Waals surface area (Å²) in [6.45, 7) is 2.76. The fourth-order valence-electron chi connectivity index (χ4n) is 3.59. The molecule has 1 aromatic heterocycles. The van der Waals surface area contributed by atoms with Gasteiger partial charge in [0.15, 0.2) is 16.6 Å². The number of nitro benzene ring substituents is 1. The van der Waals surface area contributed by atoms with Crippen LogP contribution in [0.15, 0.2) is 48.0 Å². The molecule has 1 amide bonds. The molecule has 2 heterocycles. The van der Waals surface area contributed by atoms with E-state index in [2.05, 4.69) is 9.88 Å². The van der Waals surface area contributed by atoms with Crippen molar-refractivity contribution in [3.63, 3.8) is 0 Å². The summed E-state index contributed by atoms with van der Waals surface area (Å²) in [6, 6.07) is 8.93. The largest absolute Gasteiger partial charge is 0.493 e. The van der Waals surface area contributed by atoms with Crippen molar-refractivity contribution in [2.45, 2.75) is 6.42 Å². The van der Waals surface area contributed by atoms with Crippen LogP contribution in [-0.4, -0.2) is 54.0 Å². The molecule has 1 fully saturated rings. The molecule has 3 aromatic rings. The molecule has 0 unspecified atom stereocenters. The van der Waals surface area contributed by atoms with Crippen LogP contribution in [0.4, 0.5) is 10.8 Å². The first-order valence-electron chi connectivity index (χ1n) is 10.2. The van der Waals surface area contributed by atoms with E-state index in [9.17, 15) is 14.9 Å². The van der Waals surface area contributed by atoms with E-state index in [1.165, 1.54) is 25.3 Å². The van der Waals surface area contributed by atoms with Crippen molar-refractivity contribution in [1.29, 1.82) is 0 Å². The number of carbonyl (C=O) groups is 1. The molecule has 33 heavy (non-hydrogen) atoms. The number of aromatic nitrogens is 1. The van der Waals surface area contributed by atoms with Gasteiger partial charge in [0.05, 0.1) is 12.0 Å². The van der Waals surface area contributed by atoms with Crippen LogP contribution in [0.5, 0.6) is 17.2 Å². The van der Waals surface area contributed by atoms with Gasteiger partial charge in [-0.25, -0.2) is 4.98 Å². The molecular formula is C22H21ClN4O5S. The second kappa shape index (κ2) is 10.1. The van der Waals surface area contributed by atoms with Gasteiger partial charge >= 0.3 is 5.69 Å². The zero-order chi connectivity index (χ0) is 23.4. The number of methoxy groups -OCH3 is 1. The summed E-state index contributed by atoms with van der Waals surface area (Å²) in [6.07, 6.45) is 2.62. The molecule has 0 spiro atoms. The van der Waals surface area contributed by atoms with Gasteiger partial charge in [-0.15, -0.1) is 11.3 Å². The molecule has 1 saturated heterocycles. The Morgan fingerprint density at radius 3 is 2.67 bits per heavy atom. The lowest BCUT2D eigenvalue weighted by molar-refractivity contribution is -0.385. The number of thiazole rings is 1. The molecule has 0 aliphatic carbocycles. The number of hydrogen-bond acceptors (Lipinski definition) is 8. The van der Waals surface area contributed by atoms with Crippen molar-refractivity contribution in [2.24, 2.45) is 0 Å². The zero-order valence-electron chi connectivity index (χ0n) is 17.8. The van der Waals surface area contributed by atoms with Crippen molar-refractivity contribution in [3.05, 3.63) is 68.7 Å². The van der Waals surface area contributed by atoms with Gasteiger partial charge in [-0.2, -0.15) is 0 Å². The van der Waals surface area contributed by atoms with Crippen molar-refractivity contribution in [3.8, 4) is 17.2 Å². The standard InChI is InChI=1S/C22H21ClN4O5S/c1-31-20-13-15(3-5-19(20)32-18-6-4-16(23)14-17(18)27(29)30)21(28)25-8-2-9-26(11-10-25)22-24-7-12-33-22/h3-7,12-14H,2,8-11H2,1H3. The van der Waals surface area contributed by atoms with Crippen LogP contribution < -0.4 is 14.4 Å². The SMILES string of the molecule is COc1cc(C(=O)N2CCCN(c3nccs3)CC2)ccc1Oc1ccc(Cl)cc1[N+](=O)[O-]. The number of anilines is 1. The topological polar surface area (TPSA) is 98.0 Å². The predicted molar refractivity (Wildman–Crippen MR) is 126 cm³/mol. The minimum absolute atomic E-state index is 0.0246. The van der Waals surface area contributed by atoms with Gasteiger partial charge in [0, 0.05) is 54.4 Å². The van der Waals surface area contributed by atoms with E-state index >= 15 is 0 Å². The number of nitro groups is 1. The lowest BCUT2D eigenvalue weighted by Gasteiger charge is -2.22. The van der Waals surface area contributed by atoms with E-state index in [4.69, 9.17) is 21.1 Å². The summed E-state index contributed by atoms with van der Waals surface area (Å²) in [4.78, 5) is 32.3. The molecule has 0 saturated carbocycles. The molecule has 2 aromatic carbocycles. The summed E-state index contributed by atoms with van der Waals surface area (Å²) in [5.41, 5.74) is 0.187. The Balaban J connectivity index is 1.51. The van der Waals surface area contributed by atoms with Gasteiger partial charge in [-0.1, -0.05) is 11.6 Å². The average molecular weight is 489 g/mol. The molecule has 0 radical (unpaired) electrons. The van der Waals surface area contributed by atoms with Gasteiger partial charge in [-0.3, -0.25) is 14.9 Å². The second-order valence-electron chi connectivity index (χ2n) is 7.28. The number of ether oxygens (including phenoxy) is 2. The zero-order valence-corrected chi connectivity index (χ0v) is 19.3. The molecular weight excluding hydrogens is 468 g/mol. The number of nitrogens with zero attached hydrogens (tertiary/aromatic N) is 4. The molecule has 4 rings (SSSR count). The van der Waals surface area contributed by atoms with Crippen molar-refractivity contribution in [1.82, 2.24) is 9.88 Å². The van der Waals surface area contributed by atoms with Crippen LogP contribution in [-0.2, 0) is 0 Å². The molecule has 9 nitrogen and oxygen atoms in total. The lowest BCUT2D eigenvalue weighted by Crippen LogP contribution is -2.35. The van der Waals surface area contributed by atoms with Crippen LogP contribution in [0.1, 0.15) is 16.8 Å². The van der Waals surface area contributed by atoms with Crippen molar-refractivity contribution in [2.75, 3.05) is 38.2 Å². The number of rotatable bonds is 6. The van der Waals surface area contributed by atoms with Crippen LogP contribution in [0, 0.1) is 10.1 Å². The first-order valence-corrected chi connectivity index (χ1v) is 11.5. The molecule has 172 valence electrons. The fraction of sp³-hybridized carbons (Fsp3) is 0.273. The van der Waals surface area contributed by atoms with E-state index in [1.54, 1.807) is 35.7 Å². The molecule has 0 atom stereocenters.